The van der Waals surface area contributed by atoms with Gasteiger partial charge in [-0.15, -0.1) is 0 Å². The van der Waals surface area contributed by atoms with Crippen LogP contribution in [0.4, 0.5) is 27.6 Å². The molecule has 0 bridgehead atoms. The van der Waals surface area contributed by atoms with Gasteiger partial charge in [0.2, 0.25) is 0 Å². The molecule has 5 aromatic rings. The number of aliphatic carboxylic acids is 1. The van der Waals surface area contributed by atoms with Crippen LogP contribution in [0.1, 0.15) is 16.1 Å². The van der Waals surface area contributed by atoms with Crippen LogP contribution < -0.4 is 15.8 Å². The average molecular weight is 656 g/mol. The Morgan fingerprint density at radius 2 is 1.81 bits per heavy atom. The number of nitrogens with zero attached hydrogens (tertiary/aromatic N) is 4. The first-order valence-electron chi connectivity index (χ1n) is 14.3. The van der Waals surface area contributed by atoms with Gasteiger partial charge < -0.3 is 29.0 Å². The quantitative estimate of drug-likeness (QED) is 0.251. The van der Waals surface area contributed by atoms with Gasteiger partial charge in [-0.25, -0.2) is 18.6 Å². The molecular weight excluding hydrogens is 629 g/mol. The third-order valence-corrected chi connectivity index (χ3v) is 8.17. The lowest BCUT2D eigenvalue weighted by atomic mass is 10.0. The average Bonchev–Trinajstić information content (AvgIpc) is 3.53. The summed E-state index contributed by atoms with van der Waals surface area (Å²) in [6.07, 6.45) is -2.11. The van der Waals surface area contributed by atoms with Crippen molar-refractivity contribution in [2.24, 2.45) is 7.05 Å². The predicted octanol–water partition coefficient (Wildman–Crippen LogP) is 4.32. The number of anilines is 1. The van der Waals surface area contributed by atoms with E-state index >= 15 is 8.78 Å². The van der Waals surface area contributed by atoms with Crippen LogP contribution in [0.3, 0.4) is 0 Å². The normalized spacial score (nSPS) is 16.0. The largest absolute Gasteiger partial charge is 0.480 e. The van der Waals surface area contributed by atoms with Crippen LogP contribution in [0.5, 0.6) is 0 Å². The number of fused-ring (bicyclic) bond motifs is 2. The molecule has 1 fully saturated rings. The maximum Gasteiger partial charge on any atom is 0.411 e. The van der Waals surface area contributed by atoms with Gasteiger partial charge in [-0.2, -0.15) is 13.2 Å². The number of pyridine rings is 2. The lowest BCUT2D eigenvalue weighted by Gasteiger charge is -2.38. The Hall–Kier alpha value is -5.31. The number of rotatable bonds is 7. The van der Waals surface area contributed by atoms with E-state index in [0.29, 0.717) is 34.6 Å². The van der Waals surface area contributed by atoms with E-state index in [9.17, 15) is 32.7 Å². The molecule has 15 heteroatoms. The highest BCUT2D eigenvalue weighted by Gasteiger charge is 2.46. The fourth-order valence-corrected chi connectivity index (χ4v) is 5.83. The SMILES string of the molecule is Cn1c(=O)c(-c2ccc(CC(NC(=O)c3c(F)cc(N4CCOC[C@@H]4C(F)(F)F)cc3F)C(=O)O)n3ccnc23)cc2ccccc21. The molecule has 1 saturated heterocycles. The van der Waals surface area contributed by atoms with E-state index < -0.39 is 59.6 Å². The Kier molecular flexibility index (Phi) is 8.17. The van der Waals surface area contributed by atoms with Gasteiger partial charge in [0, 0.05) is 49.4 Å². The number of aromatic nitrogens is 3. The number of hydrogen-bond donors (Lipinski definition) is 2. The third-order valence-electron chi connectivity index (χ3n) is 8.17. The van der Waals surface area contributed by atoms with Crippen molar-refractivity contribution in [3.05, 3.63) is 100 Å². The molecule has 0 aliphatic carbocycles. The first-order valence-corrected chi connectivity index (χ1v) is 14.3. The number of nitrogens with one attached hydrogen (secondary N) is 1. The van der Waals surface area contributed by atoms with Crippen LogP contribution in [-0.4, -0.2) is 69.0 Å². The zero-order chi connectivity index (χ0) is 33.6. The number of alkyl halides is 3. The molecule has 2 aromatic carbocycles. The minimum Gasteiger partial charge on any atom is -0.480 e. The standard InChI is InChI=1S/C32H26F5N5O5/c1-40-25-5-3-2-4-17(25)12-21(30(40)44)20-7-6-18(42-9-8-38-28(20)42)15-24(31(45)46)39-29(43)27-22(33)13-19(14-23(27)34)41-10-11-47-16-26(41)32(35,36)37/h2-9,12-14,24,26H,10-11,15-16H2,1H3,(H,39,43)(H,45,46)/t24?,26-/m1/s1. The van der Waals surface area contributed by atoms with Crippen molar-refractivity contribution in [2.45, 2.75) is 24.7 Å². The molecule has 0 saturated carbocycles. The van der Waals surface area contributed by atoms with Crippen LogP contribution in [-0.2, 0) is 23.0 Å². The maximum atomic E-state index is 15.1. The van der Waals surface area contributed by atoms with Crippen molar-refractivity contribution in [3.63, 3.8) is 0 Å². The van der Waals surface area contributed by atoms with Gasteiger partial charge in [0.1, 0.15) is 34.9 Å². The summed E-state index contributed by atoms with van der Waals surface area (Å²) >= 11 is 0. The summed E-state index contributed by atoms with van der Waals surface area (Å²) in [6, 6.07) is 9.58. The molecule has 1 amide bonds. The molecule has 0 spiro atoms. The molecule has 4 heterocycles. The highest BCUT2D eigenvalue weighted by molar-refractivity contribution is 5.97. The number of halogens is 5. The van der Waals surface area contributed by atoms with Crippen LogP contribution in [0, 0.1) is 11.6 Å². The number of carbonyl (C=O) groups is 2. The Morgan fingerprint density at radius 1 is 1.09 bits per heavy atom. The van der Waals surface area contributed by atoms with Gasteiger partial charge in [0.15, 0.2) is 0 Å². The molecule has 244 valence electrons. The summed E-state index contributed by atoms with van der Waals surface area (Å²) in [5.74, 6) is -5.86. The van der Waals surface area contributed by atoms with Gasteiger partial charge in [-0.05, 0) is 41.8 Å². The van der Waals surface area contributed by atoms with E-state index in [1.165, 1.54) is 10.8 Å². The van der Waals surface area contributed by atoms with Crippen molar-refractivity contribution in [1.82, 2.24) is 19.3 Å². The number of carboxylic acids is 1. The molecule has 2 atom stereocenters. The maximum absolute atomic E-state index is 15.1. The number of carboxylic acid groups (broad SMARTS) is 1. The van der Waals surface area contributed by atoms with Crippen molar-refractivity contribution < 1.29 is 41.4 Å². The second kappa shape index (κ2) is 12.1. The number of aryl methyl sites for hydroxylation is 1. The third kappa shape index (κ3) is 5.89. The van der Waals surface area contributed by atoms with E-state index in [0.717, 1.165) is 15.8 Å². The zero-order valence-electron chi connectivity index (χ0n) is 24.6. The second-order valence-corrected chi connectivity index (χ2v) is 11.0. The highest BCUT2D eigenvalue weighted by atomic mass is 19.4. The van der Waals surface area contributed by atoms with E-state index in [4.69, 9.17) is 4.74 Å². The van der Waals surface area contributed by atoms with Gasteiger partial charge in [0.05, 0.1) is 24.3 Å². The summed E-state index contributed by atoms with van der Waals surface area (Å²) in [4.78, 5) is 43.6. The van der Waals surface area contributed by atoms with Crippen LogP contribution >= 0.6 is 0 Å². The molecule has 2 N–H and O–H groups in total. The van der Waals surface area contributed by atoms with Gasteiger partial charge in [-0.1, -0.05) is 18.2 Å². The summed E-state index contributed by atoms with van der Waals surface area (Å²) in [5, 5.41) is 12.8. The number of amides is 1. The van der Waals surface area contributed by atoms with E-state index in [1.807, 2.05) is 24.3 Å². The molecule has 0 radical (unpaired) electrons. The van der Waals surface area contributed by atoms with Crippen molar-refractivity contribution in [2.75, 3.05) is 24.7 Å². The molecule has 6 rings (SSSR count). The van der Waals surface area contributed by atoms with Crippen molar-refractivity contribution in [3.8, 4) is 11.1 Å². The molecule has 1 aliphatic rings. The molecule has 47 heavy (non-hydrogen) atoms. The molecule has 10 nitrogen and oxygen atoms in total. The van der Waals surface area contributed by atoms with E-state index in [1.54, 1.807) is 35.8 Å². The fraction of sp³-hybridized carbons (Fsp3) is 0.250. The Morgan fingerprint density at radius 3 is 2.51 bits per heavy atom. The van der Waals surface area contributed by atoms with Gasteiger partial charge in [0.25, 0.3) is 11.5 Å². The topological polar surface area (TPSA) is 118 Å². The Balaban J connectivity index is 1.28. The lowest BCUT2D eigenvalue weighted by molar-refractivity contribution is -0.167. The zero-order valence-corrected chi connectivity index (χ0v) is 24.6. The smallest absolute Gasteiger partial charge is 0.411 e. The Labute approximate surface area is 262 Å². The highest BCUT2D eigenvalue weighted by Crippen LogP contribution is 2.33. The monoisotopic (exact) mass is 655 g/mol. The summed E-state index contributed by atoms with van der Waals surface area (Å²) in [5.41, 5.74) is 0.351. The minimum absolute atomic E-state index is 0.109. The first-order chi connectivity index (χ1) is 22.3. The fourth-order valence-electron chi connectivity index (χ4n) is 5.83. The molecule has 1 aliphatic heterocycles. The predicted molar refractivity (Wildman–Crippen MR) is 160 cm³/mol. The number of benzene rings is 2. The number of morpholine rings is 1. The number of imidazole rings is 1. The van der Waals surface area contributed by atoms with Crippen molar-refractivity contribution in [1.29, 1.82) is 0 Å². The number of carbonyl (C=O) groups excluding carboxylic acids is 1. The summed E-state index contributed by atoms with van der Waals surface area (Å²) < 4.78 is 78.7. The molecule has 1 unspecified atom stereocenters. The Bertz CT molecular complexity index is 2070. The van der Waals surface area contributed by atoms with E-state index in [-0.39, 0.29) is 25.1 Å². The van der Waals surface area contributed by atoms with Crippen molar-refractivity contribution >= 4 is 34.1 Å². The summed E-state index contributed by atoms with van der Waals surface area (Å²) in [7, 11) is 1.65. The van der Waals surface area contributed by atoms with Crippen LogP contribution in [0.2, 0.25) is 0 Å². The van der Waals surface area contributed by atoms with E-state index in [2.05, 4.69) is 10.3 Å². The number of para-hydroxylation sites is 1. The summed E-state index contributed by atoms with van der Waals surface area (Å²) in [6.45, 7) is -1.14. The molecular formula is C32H26F5N5O5. The van der Waals surface area contributed by atoms with Crippen LogP contribution in [0.15, 0.2) is 71.8 Å². The second-order valence-electron chi connectivity index (χ2n) is 11.0. The number of hydrogen-bond acceptors (Lipinski definition) is 6. The molecule has 3 aromatic heterocycles. The number of ether oxygens (including phenoxy) is 1. The van der Waals surface area contributed by atoms with Crippen LogP contribution in [0.25, 0.3) is 27.7 Å². The first kappa shape index (κ1) is 31.7. The van der Waals surface area contributed by atoms with Gasteiger partial charge >= 0.3 is 12.1 Å². The van der Waals surface area contributed by atoms with Gasteiger partial charge in [-0.3, -0.25) is 9.59 Å². The lowest BCUT2D eigenvalue weighted by Crippen LogP contribution is -2.53. The minimum atomic E-state index is -4.75.